The van der Waals surface area contributed by atoms with Crippen LogP contribution in [0.2, 0.25) is 0 Å². The third-order valence-corrected chi connectivity index (χ3v) is 4.37. The molecule has 0 fully saturated rings. The summed E-state index contributed by atoms with van der Waals surface area (Å²) in [6.07, 6.45) is 0. The first kappa shape index (κ1) is 16.0. The zero-order valence-electron chi connectivity index (χ0n) is 13.6. The van der Waals surface area contributed by atoms with E-state index < -0.39 is 0 Å². The van der Waals surface area contributed by atoms with E-state index in [0.29, 0.717) is 11.8 Å². The van der Waals surface area contributed by atoms with Gasteiger partial charge in [-0.15, -0.1) is 11.3 Å². The van der Waals surface area contributed by atoms with Crippen molar-refractivity contribution in [1.29, 1.82) is 0 Å². The first-order valence-corrected chi connectivity index (χ1v) is 8.53. The average Bonchev–Trinajstić information content (AvgIpc) is 2.38. The minimum absolute atomic E-state index is 0.175. The van der Waals surface area contributed by atoms with Crippen LogP contribution in [0.1, 0.15) is 33.3 Å². The third-order valence-electron chi connectivity index (χ3n) is 3.42. The summed E-state index contributed by atoms with van der Waals surface area (Å²) in [4.78, 5) is 15.1. The zero-order valence-corrected chi connectivity index (χ0v) is 14.5. The van der Waals surface area contributed by atoms with E-state index in [2.05, 4.69) is 44.7 Å². The van der Waals surface area contributed by atoms with Crippen LogP contribution in [0, 0.1) is 18.8 Å². The van der Waals surface area contributed by atoms with E-state index in [9.17, 15) is 4.79 Å². The van der Waals surface area contributed by atoms with Crippen molar-refractivity contribution in [2.45, 2.75) is 34.6 Å². The smallest absolute Gasteiger partial charge is 0.211 e. The molecule has 0 aliphatic rings. The van der Waals surface area contributed by atoms with Crippen molar-refractivity contribution in [1.82, 2.24) is 0 Å². The molecule has 0 spiro atoms. The Kier molecular flexibility index (Phi) is 5.04. The summed E-state index contributed by atoms with van der Waals surface area (Å²) in [6.45, 7) is 12.7. The summed E-state index contributed by atoms with van der Waals surface area (Å²) in [5.41, 5.74) is 2.18. The van der Waals surface area contributed by atoms with Crippen molar-refractivity contribution in [2.75, 3.05) is 18.0 Å². The second-order valence-electron chi connectivity index (χ2n) is 6.64. The molecule has 0 aliphatic heterocycles. The number of nitrogens with zero attached hydrogens (tertiary/aromatic N) is 1. The molecule has 3 heteroatoms. The standard InChI is InChI=1S/C18H25NOS/c1-12(2)9-19(10-13(3)4)16-11-21-17-7-6-14(5)8-15(17)18(16)20/h6-8,11-13H,9-10H2,1-5H3. The van der Waals surface area contributed by atoms with Crippen molar-refractivity contribution in [3.63, 3.8) is 0 Å². The maximum absolute atomic E-state index is 12.9. The normalized spacial score (nSPS) is 11.6. The van der Waals surface area contributed by atoms with Crippen molar-refractivity contribution >= 4 is 27.1 Å². The van der Waals surface area contributed by atoms with E-state index in [0.717, 1.165) is 34.4 Å². The Labute approximate surface area is 131 Å². The molecule has 21 heavy (non-hydrogen) atoms. The van der Waals surface area contributed by atoms with Crippen LogP contribution in [0.4, 0.5) is 5.69 Å². The summed E-state index contributed by atoms with van der Waals surface area (Å²) in [6, 6.07) is 6.13. The van der Waals surface area contributed by atoms with Gasteiger partial charge in [0.25, 0.3) is 0 Å². The lowest BCUT2D eigenvalue weighted by Crippen LogP contribution is -2.34. The number of hydrogen-bond donors (Lipinski definition) is 0. The molecule has 0 saturated carbocycles. The second-order valence-corrected chi connectivity index (χ2v) is 7.55. The molecule has 0 aliphatic carbocycles. The summed E-state index contributed by atoms with van der Waals surface area (Å²) in [7, 11) is 0. The third kappa shape index (κ3) is 3.85. The molecule has 1 aromatic heterocycles. The SMILES string of the molecule is Cc1ccc2scc(N(CC(C)C)CC(C)C)c(=O)c2c1. The molecule has 2 nitrogen and oxygen atoms in total. The molecule has 0 radical (unpaired) electrons. The van der Waals surface area contributed by atoms with Gasteiger partial charge in [0, 0.05) is 28.6 Å². The predicted molar refractivity (Wildman–Crippen MR) is 94.7 cm³/mol. The van der Waals surface area contributed by atoms with Crippen LogP contribution in [-0.2, 0) is 0 Å². The number of fused-ring (bicyclic) bond motifs is 1. The fourth-order valence-electron chi connectivity index (χ4n) is 2.61. The lowest BCUT2D eigenvalue weighted by atomic mass is 10.1. The van der Waals surface area contributed by atoms with Crippen LogP contribution in [0.3, 0.4) is 0 Å². The number of anilines is 1. The van der Waals surface area contributed by atoms with Gasteiger partial charge in [-0.3, -0.25) is 4.79 Å². The van der Waals surface area contributed by atoms with Gasteiger partial charge in [-0.2, -0.15) is 0 Å². The van der Waals surface area contributed by atoms with Gasteiger partial charge >= 0.3 is 0 Å². The van der Waals surface area contributed by atoms with Gasteiger partial charge in [0.15, 0.2) is 0 Å². The first-order valence-electron chi connectivity index (χ1n) is 7.65. The lowest BCUT2D eigenvalue weighted by molar-refractivity contribution is 0.552. The highest BCUT2D eigenvalue weighted by Crippen LogP contribution is 2.23. The molecule has 1 aromatic carbocycles. The van der Waals surface area contributed by atoms with Gasteiger partial charge in [-0.25, -0.2) is 0 Å². The molecule has 0 bridgehead atoms. The van der Waals surface area contributed by atoms with Crippen LogP contribution >= 0.6 is 11.3 Å². The van der Waals surface area contributed by atoms with Crippen molar-refractivity contribution < 1.29 is 0 Å². The fraction of sp³-hybridized carbons (Fsp3) is 0.500. The van der Waals surface area contributed by atoms with Gasteiger partial charge in [-0.05, 0) is 30.9 Å². The van der Waals surface area contributed by atoms with E-state index in [1.165, 1.54) is 0 Å². The average molecular weight is 303 g/mol. The highest BCUT2D eigenvalue weighted by atomic mass is 32.1. The Balaban J connectivity index is 2.52. The van der Waals surface area contributed by atoms with Gasteiger partial charge in [0.05, 0.1) is 5.69 Å². The molecule has 0 amide bonds. The van der Waals surface area contributed by atoms with E-state index in [-0.39, 0.29) is 5.43 Å². The molecule has 1 heterocycles. The van der Waals surface area contributed by atoms with Crippen LogP contribution in [0.5, 0.6) is 0 Å². The molecule has 114 valence electrons. The van der Waals surface area contributed by atoms with Crippen LogP contribution < -0.4 is 10.3 Å². The number of benzene rings is 1. The number of rotatable bonds is 5. The van der Waals surface area contributed by atoms with Crippen molar-refractivity contribution in [2.24, 2.45) is 11.8 Å². The monoisotopic (exact) mass is 303 g/mol. The summed E-state index contributed by atoms with van der Waals surface area (Å²) >= 11 is 1.67. The number of hydrogen-bond acceptors (Lipinski definition) is 3. The molecule has 0 N–H and O–H groups in total. The van der Waals surface area contributed by atoms with Crippen LogP contribution in [0.15, 0.2) is 28.4 Å². The fourth-order valence-corrected chi connectivity index (χ4v) is 3.53. The quantitative estimate of drug-likeness (QED) is 0.798. The highest BCUT2D eigenvalue weighted by molar-refractivity contribution is 7.16. The number of aryl methyl sites for hydroxylation is 1. The molecule has 0 atom stereocenters. The van der Waals surface area contributed by atoms with Gasteiger partial charge in [-0.1, -0.05) is 39.3 Å². The minimum atomic E-state index is 0.175. The van der Waals surface area contributed by atoms with Gasteiger partial charge in [0.2, 0.25) is 5.43 Å². The predicted octanol–water partition coefficient (Wildman–Crippen LogP) is 4.69. The zero-order chi connectivity index (χ0) is 15.6. The maximum atomic E-state index is 12.9. The highest BCUT2D eigenvalue weighted by Gasteiger charge is 2.15. The van der Waals surface area contributed by atoms with Crippen molar-refractivity contribution in [3.8, 4) is 0 Å². The Morgan fingerprint density at radius 1 is 1.10 bits per heavy atom. The second kappa shape index (κ2) is 6.61. The van der Waals surface area contributed by atoms with Gasteiger partial charge in [0.1, 0.15) is 0 Å². The maximum Gasteiger partial charge on any atom is 0.211 e. The van der Waals surface area contributed by atoms with E-state index in [4.69, 9.17) is 0 Å². The lowest BCUT2D eigenvalue weighted by Gasteiger charge is -2.27. The van der Waals surface area contributed by atoms with E-state index in [1.54, 1.807) is 11.3 Å². The summed E-state index contributed by atoms with van der Waals surface area (Å²) in [5, 5.41) is 2.89. The Bertz CT molecular complexity index is 662. The molecular weight excluding hydrogens is 278 g/mol. The first-order chi connectivity index (χ1) is 9.88. The topological polar surface area (TPSA) is 20.3 Å². The van der Waals surface area contributed by atoms with Crippen molar-refractivity contribution in [3.05, 3.63) is 39.4 Å². The van der Waals surface area contributed by atoms with Gasteiger partial charge < -0.3 is 4.90 Å². The molecule has 0 unspecified atom stereocenters. The Morgan fingerprint density at radius 2 is 1.71 bits per heavy atom. The largest absolute Gasteiger partial charge is 0.367 e. The Morgan fingerprint density at radius 3 is 2.29 bits per heavy atom. The van der Waals surface area contributed by atoms with Crippen LogP contribution in [0.25, 0.3) is 10.1 Å². The molecule has 2 rings (SSSR count). The summed E-state index contributed by atoms with van der Waals surface area (Å²) in [5.74, 6) is 1.09. The van der Waals surface area contributed by atoms with E-state index >= 15 is 0 Å². The molecular formula is C18H25NOS. The summed E-state index contributed by atoms with van der Waals surface area (Å²) < 4.78 is 1.07. The molecule has 2 aromatic rings. The van der Waals surface area contributed by atoms with Crippen LogP contribution in [-0.4, -0.2) is 13.1 Å². The molecule has 0 saturated heterocycles. The van der Waals surface area contributed by atoms with E-state index in [1.807, 2.05) is 18.4 Å². The minimum Gasteiger partial charge on any atom is -0.367 e. The Hall–Kier alpha value is -1.35.